The molecule has 1 atom stereocenters. The Morgan fingerprint density at radius 2 is 2.12 bits per heavy atom. The van der Waals surface area contributed by atoms with E-state index in [1.165, 1.54) is 11.3 Å². The predicted octanol–water partition coefficient (Wildman–Crippen LogP) is 1.79. The topological polar surface area (TPSA) is 97.2 Å². The molecule has 144 valence electrons. The summed E-state index contributed by atoms with van der Waals surface area (Å²) in [7, 11) is 0.153. The fraction of sp³-hybridized carbons (Fsp3) is 0.562. The van der Waals surface area contributed by atoms with E-state index in [4.69, 9.17) is 0 Å². The molecule has 8 nitrogen and oxygen atoms in total. The summed E-state index contributed by atoms with van der Waals surface area (Å²) in [6.07, 6.45) is 5.30. The molecule has 0 unspecified atom stereocenters. The van der Waals surface area contributed by atoms with E-state index in [0.29, 0.717) is 23.7 Å². The third-order valence-corrected chi connectivity index (χ3v) is 5.30. The molecule has 0 bridgehead atoms. The monoisotopic (exact) mass is 399 g/mol. The minimum atomic E-state index is -3.37. The summed E-state index contributed by atoms with van der Waals surface area (Å²) in [5.41, 5.74) is 1.25. The minimum Gasteiger partial charge on any atom is -0.336 e. The summed E-state index contributed by atoms with van der Waals surface area (Å²) in [5, 5.41) is 6.37. The van der Waals surface area contributed by atoms with E-state index in [9.17, 15) is 13.2 Å². The number of hydrogen-bond donors (Lipinski definition) is 1. The number of hydrogen-bond acceptors (Lipinski definition) is 6. The number of aryl methyl sites for hydroxylation is 1. The Kier molecular flexibility index (Phi) is 6.53. The highest BCUT2D eigenvalue weighted by Crippen LogP contribution is 2.25. The van der Waals surface area contributed by atoms with Gasteiger partial charge < -0.3 is 4.90 Å². The second kappa shape index (κ2) is 8.28. The molecule has 26 heavy (non-hydrogen) atoms. The molecular formula is C16H25N5O3S2. The molecule has 1 amide bonds. The zero-order valence-corrected chi connectivity index (χ0v) is 17.3. The number of carbonyl (C=O) groups excluding carboxylic acids is 1. The number of amides is 1. The van der Waals surface area contributed by atoms with Crippen molar-refractivity contribution in [1.82, 2.24) is 24.4 Å². The average molecular weight is 400 g/mol. The lowest BCUT2D eigenvalue weighted by Gasteiger charge is -2.17. The molecule has 0 saturated carbocycles. The van der Waals surface area contributed by atoms with Crippen LogP contribution in [0.4, 0.5) is 0 Å². The van der Waals surface area contributed by atoms with Gasteiger partial charge in [-0.15, -0.1) is 11.3 Å². The Labute approximate surface area is 158 Å². The highest BCUT2D eigenvalue weighted by molar-refractivity contribution is 7.88. The van der Waals surface area contributed by atoms with Gasteiger partial charge in [0.2, 0.25) is 10.0 Å². The van der Waals surface area contributed by atoms with Crippen LogP contribution in [-0.4, -0.2) is 47.3 Å². The van der Waals surface area contributed by atoms with Gasteiger partial charge in [-0.25, -0.2) is 18.1 Å². The normalized spacial score (nSPS) is 13.2. The van der Waals surface area contributed by atoms with Crippen molar-refractivity contribution in [3.8, 4) is 0 Å². The first-order chi connectivity index (χ1) is 12.0. The Morgan fingerprint density at radius 3 is 2.65 bits per heavy atom. The van der Waals surface area contributed by atoms with Gasteiger partial charge in [-0.05, 0) is 12.3 Å². The maximum Gasteiger partial charge on any atom is 0.273 e. The van der Waals surface area contributed by atoms with E-state index in [1.807, 2.05) is 27.1 Å². The van der Waals surface area contributed by atoms with Crippen LogP contribution in [0.2, 0.25) is 0 Å². The number of rotatable bonds is 8. The maximum absolute atomic E-state index is 12.6. The molecule has 0 saturated heterocycles. The van der Waals surface area contributed by atoms with Gasteiger partial charge in [-0.2, -0.15) is 5.10 Å². The number of carbonyl (C=O) groups is 1. The van der Waals surface area contributed by atoms with Crippen LogP contribution < -0.4 is 4.72 Å². The van der Waals surface area contributed by atoms with Crippen molar-refractivity contribution in [2.75, 3.05) is 13.3 Å². The Balaban J connectivity index is 2.13. The van der Waals surface area contributed by atoms with Crippen LogP contribution in [0.3, 0.4) is 0 Å². The molecule has 0 spiro atoms. The summed E-state index contributed by atoms with van der Waals surface area (Å²) in [5.74, 6) is 0.0737. The van der Waals surface area contributed by atoms with Crippen LogP contribution in [0.15, 0.2) is 17.8 Å². The zero-order chi connectivity index (χ0) is 19.5. The maximum atomic E-state index is 12.6. The van der Waals surface area contributed by atoms with Crippen molar-refractivity contribution in [3.05, 3.63) is 34.0 Å². The molecule has 0 radical (unpaired) electrons. The van der Waals surface area contributed by atoms with Crippen molar-refractivity contribution in [3.63, 3.8) is 0 Å². The number of sulfonamides is 1. The van der Waals surface area contributed by atoms with E-state index < -0.39 is 16.1 Å². The van der Waals surface area contributed by atoms with E-state index in [2.05, 4.69) is 14.8 Å². The van der Waals surface area contributed by atoms with Gasteiger partial charge in [0, 0.05) is 37.8 Å². The quantitative estimate of drug-likeness (QED) is 0.730. The van der Waals surface area contributed by atoms with Crippen molar-refractivity contribution in [2.24, 2.45) is 13.0 Å². The molecule has 0 aliphatic carbocycles. The number of aromatic nitrogens is 3. The summed E-state index contributed by atoms with van der Waals surface area (Å²) in [6.45, 7) is 4.45. The minimum absolute atomic E-state index is 0.209. The molecule has 2 aromatic rings. The summed E-state index contributed by atoms with van der Waals surface area (Å²) in [6, 6.07) is -0.430. The molecule has 0 aromatic carbocycles. The van der Waals surface area contributed by atoms with Crippen molar-refractivity contribution < 1.29 is 13.2 Å². The van der Waals surface area contributed by atoms with Crippen molar-refractivity contribution in [2.45, 2.75) is 32.9 Å². The Bertz CT molecular complexity index is 857. The second-order valence-corrected chi connectivity index (χ2v) is 9.50. The van der Waals surface area contributed by atoms with Crippen LogP contribution in [0, 0.1) is 5.92 Å². The molecular weight excluding hydrogens is 374 g/mol. The highest BCUT2D eigenvalue weighted by Gasteiger charge is 2.23. The van der Waals surface area contributed by atoms with E-state index in [1.54, 1.807) is 28.2 Å². The highest BCUT2D eigenvalue weighted by atomic mass is 32.2. The first-order valence-corrected chi connectivity index (χ1v) is 11.0. The molecule has 2 aromatic heterocycles. The summed E-state index contributed by atoms with van der Waals surface area (Å²) < 4.78 is 27.6. The van der Waals surface area contributed by atoms with Crippen molar-refractivity contribution >= 4 is 27.3 Å². The average Bonchev–Trinajstić information content (AvgIpc) is 3.13. The lowest BCUT2D eigenvalue weighted by Crippen LogP contribution is -2.29. The first kappa shape index (κ1) is 20.5. The molecule has 2 rings (SSSR count). The van der Waals surface area contributed by atoms with Crippen molar-refractivity contribution in [1.29, 1.82) is 0 Å². The van der Waals surface area contributed by atoms with E-state index >= 15 is 0 Å². The molecule has 0 aliphatic heterocycles. The van der Waals surface area contributed by atoms with Gasteiger partial charge in [-0.3, -0.25) is 9.48 Å². The number of thiazole rings is 1. The SMILES string of the molecule is CC(C)C[C@@H](NS(C)(=O)=O)c1nc(C(=O)N(C)Cc2cnn(C)c2)cs1. The molecule has 0 fully saturated rings. The standard InChI is InChI=1S/C16H25N5O3S2/c1-11(2)6-13(19-26(5,23)24)15-18-14(10-25-15)16(22)20(3)8-12-7-17-21(4)9-12/h7,9-11,13,19H,6,8H2,1-5H3/t13-/m1/s1. The molecule has 0 aliphatic rings. The zero-order valence-electron chi connectivity index (χ0n) is 15.6. The molecule has 1 N–H and O–H groups in total. The van der Waals surface area contributed by atoms with E-state index in [0.717, 1.165) is 11.8 Å². The summed E-state index contributed by atoms with van der Waals surface area (Å²) in [4.78, 5) is 18.6. The summed E-state index contributed by atoms with van der Waals surface area (Å²) >= 11 is 1.29. The Hall–Kier alpha value is -1.78. The predicted molar refractivity (Wildman–Crippen MR) is 101 cm³/mol. The van der Waals surface area contributed by atoms with Gasteiger partial charge in [-0.1, -0.05) is 13.8 Å². The van der Waals surface area contributed by atoms with E-state index in [-0.39, 0.29) is 11.8 Å². The van der Waals surface area contributed by atoms with Gasteiger partial charge >= 0.3 is 0 Å². The van der Waals surface area contributed by atoms with Crippen LogP contribution in [0.1, 0.15) is 47.4 Å². The smallest absolute Gasteiger partial charge is 0.273 e. The van der Waals surface area contributed by atoms with Crippen LogP contribution in [0.25, 0.3) is 0 Å². The third kappa shape index (κ3) is 5.89. The van der Waals surface area contributed by atoms with Gasteiger partial charge in [0.25, 0.3) is 5.91 Å². The largest absolute Gasteiger partial charge is 0.336 e. The van der Waals surface area contributed by atoms with Gasteiger partial charge in [0.05, 0.1) is 18.5 Å². The fourth-order valence-corrected chi connectivity index (χ4v) is 4.23. The van der Waals surface area contributed by atoms with Gasteiger partial charge in [0.15, 0.2) is 0 Å². The first-order valence-electron chi connectivity index (χ1n) is 8.21. The van der Waals surface area contributed by atoms with Gasteiger partial charge in [0.1, 0.15) is 10.7 Å². The second-order valence-electron chi connectivity index (χ2n) is 6.83. The molecule has 10 heteroatoms. The number of nitrogens with zero attached hydrogens (tertiary/aromatic N) is 4. The van der Waals surface area contributed by atoms with Crippen LogP contribution in [0.5, 0.6) is 0 Å². The fourth-order valence-electron chi connectivity index (χ4n) is 2.57. The van der Waals surface area contributed by atoms with Crippen LogP contribution in [-0.2, 0) is 23.6 Å². The lowest BCUT2D eigenvalue weighted by molar-refractivity contribution is 0.0780. The number of nitrogens with one attached hydrogen (secondary N) is 1. The molecule has 2 heterocycles. The van der Waals surface area contributed by atoms with Crippen LogP contribution >= 0.6 is 11.3 Å². The lowest BCUT2D eigenvalue weighted by atomic mass is 10.1. The third-order valence-electron chi connectivity index (χ3n) is 3.63. The Morgan fingerprint density at radius 1 is 1.42 bits per heavy atom.